The fourth-order valence-corrected chi connectivity index (χ4v) is 6.94. The van der Waals surface area contributed by atoms with Crippen molar-refractivity contribution in [1.29, 1.82) is 0 Å². The fraction of sp³-hybridized carbons (Fsp3) is 0.278. The molecular weight excluding hydrogens is 673 g/mol. The van der Waals surface area contributed by atoms with Crippen LogP contribution in [0.1, 0.15) is 25.0 Å². The van der Waals surface area contributed by atoms with E-state index in [1.165, 1.54) is 37.3 Å². The van der Waals surface area contributed by atoms with E-state index in [2.05, 4.69) is 5.32 Å². The highest BCUT2D eigenvalue weighted by molar-refractivity contribution is 7.92. The minimum absolute atomic E-state index is 0.0366. The van der Waals surface area contributed by atoms with Gasteiger partial charge in [-0.15, -0.1) is 0 Å². The lowest BCUT2D eigenvalue weighted by atomic mass is 10.0. The van der Waals surface area contributed by atoms with Crippen LogP contribution in [0.4, 0.5) is 5.69 Å². The lowest BCUT2D eigenvalue weighted by Gasteiger charge is -2.34. The largest absolute Gasteiger partial charge is 0.497 e. The van der Waals surface area contributed by atoms with Crippen molar-refractivity contribution < 1.29 is 27.5 Å². The number of nitrogens with one attached hydrogen (secondary N) is 1. The summed E-state index contributed by atoms with van der Waals surface area (Å²) in [5.41, 5.74) is 1.42. The summed E-state index contributed by atoms with van der Waals surface area (Å²) >= 11 is 12.8. The summed E-state index contributed by atoms with van der Waals surface area (Å²) in [7, 11) is -1.49. The fourth-order valence-electron chi connectivity index (χ4n) is 5.03. The molecule has 4 aromatic rings. The van der Waals surface area contributed by atoms with E-state index in [9.17, 15) is 18.0 Å². The van der Waals surface area contributed by atoms with Crippen LogP contribution in [0.15, 0.2) is 102 Å². The molecule has 0 aliphatic heterocycles. The number of methoxy groups -OCH3 is 2. The van der Waals surface area contributed by atoms with Gasteiger partial charge in [0.25, 0.3) is 10.0 Å². The van der Waals surface area contributed by atoms with Crippen LogP contribution in [0.3, 0.4) is 0 Å². The molecule has 1 atom stereocenters. The molecule has 0 saturated carbocycles. The molecule has 12 heteroatoms. The number of ether oxygens (including phenoxy) is 2. The van der Waals surface area contributed by atoms with Crippen molar-refractivity contribution in [2.75, 3.05) is 31.6 Å². The van der Waals surface area contributed by atoms with Crippen LogP contribution in [-0.4, -0.2) is 58.5 Å². The number of anilines is 1. The van der Waals surface area contributed by atoms with E-state index in [-0.39, 0.29) is 41.1 Å². The van der Waals surface area contributed by atoms with Crippen LogP contribution in [0.25, 0.3) is 0 Å². The zero-order chi connectivity index (χ0) is 34.8. The van der Waals surface area contributed by atoms with Gasteiger partial charge in [-0.1, -0.05) is 91.6 Å². The Balaban J connectivity index is 1.87. The quantitative estimate of drug-likeness (QED) is 0.149. The highest BCUT2D eigenvalue weighted by Gasteiger charge is 2.36. The first-order chi connectivity index (χ1) is 22.9. The van der Waals surface area contributed by atoms with Gasteiger partial charge in [0, 0.05) is 35.6 Å². The number of hydrogen-bond acceptors (Lipinski definition) is 6. The lowest BCUT2D eigenvalue weighted by Crippen LogP contribution is -2.53. The molecule has 2 amide bonds. The van der Waals surface area contributed by atoms with E-state index in [1.54, 1.807) is 48.5 Å². The normalized spacial score (nSPS) is 11.9. The maximum atomic E-state index is 14.7. The second-order valence-electron chi connectivity index (χ2n) is 11.5. The smallest absolute Gasteiger partial charge is 0.264 e. The number of sulfonamides is 1. The Morgan fingerprint density at radius 2 is 1.52 bits per heavy atom. The SMILES string of the molecule is COc1ccc(OC)c(N(CC(=O)N(Cc2ccc(Cl)cc2Cl)C(Cc2ccccc2)C(=O)NCC(C)C)S(=O)(=O)c2ccccc2)c1. The number of carbonyl (C=O) groups is 2. The number of benzene rings is 4. The Morgan fingerprint density at radius 1 is 0.854 bits per heavy atom. The summed E-state index contributed by atoms with van der Waals surface area (Å²) in [6, 6.07) is 25.6. The Labute approximate surface area is 292 Å². The Hall–Kier alpha value is -4.25. The molecule has 0 aliphatic carbocycles. The van der Waals surface area contributed by atoms with Gasteiger partial charge in [0.2, 0.25) is 11.8 Å². The molecule has 1 N–H and O–H groups in total. The van der Waals surface area contributed by atoms with E-state index < -0.39 is 28.5 Å². The summed E-state index contributed by atoms with van der Waals surface area (Å²) in [6.07, 6.45) is 0.162. The zero-order valence-electron chi connectivity index (χ0n) is 27.2. The van der Waals surface area contributed by atoms with Crippen LogP contribution < -0.4 is 19.1 Å². The van der Waals surface area contributed by atoms with Crippen LogP contribution in [0, 0.1) is 5.92 Å². The number of rotatable bonds is 15. The molecular formula is C36H39Cl2N3O6S. The molecule has 48 heavy (non-hydrogen) atoms. The average molecular weight is 713 g/mol. The highest BCUT2D eigenvalue weighted by atomic mass is 35.5. The zero-order valence-corrected chi connectivity index (χ0v) is 29.6. The number of halogens is 2. The van der Waals surface area contributed by atoms with Gasteiger partial charge in [0.15, 0.2) is 0 Å². The standard InChI is InChI=1S/C36H39Cl2N3O6S/c1-25(2)22-39-36(43)33(19-26-11-7-5-8-12-26)40(23-27-15-16-28(37)20-31(27)38)35(42)24-41(48(44,45)30-13-9-6-10-14-30)32-21-29(46-3)17-18-34(32)47-4/h5-18,20-21,25,33H,19,22-24H2,1-4H3,(H,39,43). The summed E-state index contributed by atoms with van der Waals surface area (Å²) in [6.45, 7) is 3.54. The molecule has 0 aromatic heterocycles. The Morgan fingerprint density at radius 3 is 2.12 bits per heavy atom. The van der Waals surface area contributed by atoms with Crippen molar-refractivity contribution in [3.63, 3.8) is 0 Å². The van der Waals surface area contributed by atoms with E-state index >= 15 is 0 Å². The van der Waals surface area contributed by atoms with E-state index in [0.717, 1.165) is 9.87 Å². The van der Waals surface area contributed by atoms with Crippen LogP contribution in [-0.2, 0) is 32.6 Å². The van der Waals surface area contributed by atoms with Crippen molar-refractivity contribution in [3.05, 3.63) is 118 Å². The maximum absolute atomic E-state index is 14.7. The third-order valence-electron chi connectivity index (χ3n) is 7.58. The molecule has 4 aromatic carbocycles. The van der Waals surface area contributed by atoms with Crippen molar-refractivity contribution in [1.82, 2.24) is 10.2 Å². The van der Waals surface area contributed by atoms with Gasteiger partial charge < -0.3 is 19.7 Å². The van der Waals surface area contributed by atoms with Gasteiger partial charge in [-0.25, -0.2) is 8.42 Å². The monoisotopic (exact) mass is 711 g/mol. The molecule has 0 bridgehead atoms. The first-order valence-corrected chi connectivity index (χ1v) is 17.5. The van der Waals surface area contributed by atoms with Gasteiger partial charge in [-0.2, -0.15) is 0 Å². The molecule has 0 aliphatic rings. The second kappa shape index (κ2) is 16.7. The minimum atomic E-state index is -4.35. The maximum Gasteiger partial charge on any atom is 0.264 e. The topological polar surface area (TPSA) is 105 Å². The van der Waals surface area contributed by atoms with Gasteiger partial charge in [-0.05, 0) is 53.4 Å². The number of amides is 2. The van der Waals surface area contributed by atoms with E-state index in [0.29, 0.717) is 27.9 Å². The van der Waals surface area contributed by atoms with Crippen LogP contribution >= 0.6 is 23.2 Å². The second-order valence-corrected chi connectivity index (χ2v) is 14.2. The van der Waals surface area contributed by atoms with Gasteiger partial charge in [0.05, 0.1) is 24.8 Å². The highest BCUT2D eigenvalue weighted by Crippen LogP contribution is 2.36. The van der Waals surface area contributed by atoms with E-state index in [4.69, 9.17) is 32.7 Å². The van der Waals surface area contributed by atoms with Gasteiger partial charge in [-0.3, -0.25) is 13.9 Å². The van der Waals surface area contributed by atoms with Crippen molar-refractivity contribution in [2.45, 2.75) is 37.8 Å². The third-order valence-corrected chi connectivity index (χ3v) is 9.94. The van der Waals surface area contributed by atoms with Crippen molar-refractivity contribution in [2.24, 2.45) is 5.92 Å². The molecule has 1 unspecified atom stereocenters. The van der Waals surface area contributed by atoms with E-state index in [1.807, 2.05) is 44.2 Å². The van der Waals surface area contributed by atoms with Gasteiger partial charge in [0.1, 0.15) is 24.1 Å². The summed E-state index contributed by atoms with van der Waals surface area (Å²) in [5, 5.41) is 3.67. The summed E-state index contributed by atoms with van der Waals surface area (Å²) in [4.78, 5) is 30.0. The predicted octanol–water partition coefficient (Wildman–Crippen LogP) is 6.62. The molecule has 0 spiro atoms. The number of nitrogens with zero attached hydrogens (tertiary/aromatic N) is 2. The van der Waals surface area contributed by atoms with Crippen LogP contribution in [0.2, 0.25) is 10.0 Å². The minimum Gasteiger partial charge on any atom is -0.497 e. The first-order valence-electron chi connectivity index (χ1n) is 15.3. The van der Waals surface area contributed by atoms with Crippen molar-refractivity contribution >= 4 is 50.7 Å². The van der Waals surface area contributed by atoms with Crippen LogP contribution in [0.5, 0.6) is 11.5 Å². The molecule has 9 nitrogen and oxygen atoms in total. The molecule has 0 heterocycles. The Kier molecular flexibility index (Phi) is 12.7. The predicted molar refractivity (Wildman–Crippen MR) is 189 cm³/mol. The molecule has 0 fully saturated rings. The molecule has 254 valence electrons. The summed E-state index contributed by atoms with van der Waals surface area (Å²) in [5.74, 6) is -0.334. The van der Waals surface area contributed by atoms with Crippen molar-refractivity contribution in [3.8, 4) is 11.5 Å². The first kappa shape index (κ1) is 36.6. The molecule has 0 saturated heterocycles. The molecule has 4 rings (SSSR count). The average Bonchev–Trinajstić information content (AvgIpc) is 3.08. The van der Waals surface area contributed by atoms with Gasteiger partial charge >= 0.3 is 0 Å². The lowest BCUT2D eigenvalue weighted by molar-refractivity contribution is -0.140. The third kappa shape index (κ3) is 9.21. The Bertz CT molecular complexity index is 1810. The number of carbonyl (C=O) groups excluding carboxylic acids is 2. The summed E-state index contributed by atoms with van der Waals surface area (Å²) < 4.78 is 40.6. The molecule has 0 radical (unpaired) electrons. The number of hydrogen-bond donors (Lipinski definition) is 1.